The van der Waals surface area contributed by atoms with E-state index in [4.69, 9.17) is 0 Å². The first kappa shape index (κ1) is 17.6. The lowest BCUT2D eigenvalue weighted by molar-refractivity contribution is -0.0790. The lowest BCUT2D eigenvalue weighted by Crippen LogP contribution is -2.14. The van der Waals surface area contributed by atoms with Gasteiger partial charge in [-0.05, 0) is 35.9 Å². The Hall–Kier alpha value is -3.22. The minimum Gasteiger partial charge on any atom is -0.321 e. The van der Waals surface area contributed by atoms with Crippen LogP contribution in [0.25, 0.3) is 16.8 Å². The second kappa shape index (κ2) is 6.95. The van der Waals surface area contributed by atoms with Crippen LogP contribution in [0, 0.1) is 5.82 Å². The number of anilines is 1. The largest absolute Gasteiger partial charge is 0.409 e. The van der Waals surface area contributed by atoms with E-state index < -0.39 is 17.9 Å². The Morgan fingerprint density at radius 3 is 2.65 bits per heavy atom. The molecule has 1 aromatic heterocycles. The van der Waals surface area contributed by atoms with Crippen LogP contribution in [0.1, 0.15) is 15.9 Å². The van der Waals surface area contributed by atoms with Gasteiger partial charge in [-0.1, -0.05) is 18.2 Å². The normalized spacial score (nSPS) is 11.8. The van der Waals surface area contributed by atoms with Gasteiger partial charge in [0.25, 0.3) is 5.91 Å². The van der Waals surface area contributed by atoms with Crippen molar-refractivity contribution < 1.29 is 22.4 Å². The zero-order valence-corrected chi connectivity index (χ0v) is 13.2. The number of halogens is 4. The van der Waals surface area contributed by atoms with Crippen molar-refractivity contribution >= 4 is 28.4 Å². The summed E-state index contributed by atoms with van der Waals surface area (Å²) in [6, 6.07) is 10.2. The third-order valence-electron chi connectivity index (χ3n) is 3.63. The topological polar surface area (TPSA) is 42.0 Å². The zero-order chi connectivity index (χ0) is 18.7. The van der Waals surface area contributed by atoms with E-state index in [-0.39, 0.29) is 17.2 Å². The van der Waals surface area contributed by atoms with Gasteiger partial charge in [-0.2, -0.15) is 13.2 Å². The maximum atomic E-state index is 14.2. The average molecular weight is 360 g/mol. The van der Waals surface area contributed by atoms with Crippen molar-refractivity contribution in [3.8, 4) is 0 Å². The molecule has 0 spiro atoms. The Kier molecular flexibility index (Phi) is 4.71. The predicted molar refractivity (Wildman–Crippen MR) is 91.2 cm³/mol. The number of pyridine rings is 1. The van der Waals surface area contributed by atoms with E-state index in [9.17, 15) is 22.4 Å². The van der Waals surface area contributed by atoms with Gasteiger partial charge < -0.3 is 5.32 Å². The molecule has 1 amide bonds. The molecule has 1 heterocycles. The van der Waals surface area contributed by atoms with Gasteiger partial charge in [0.15, 0.2) is 0 Å². The van der Waals surface area contributed by atoms with Crippen LogP contribution in [0.3, 0.4) is 0 Å². The maximum absolute atomic E-state index is 14.2. The van der Waals surface area contributed by atoms with Gasteiger partial charge >= 0.3 is 6.18 Å². The van der Waals surface area contributed by atoms with Gasteiger partial charge in [0.2, 0.25) is 0 Å². The van der Waals surface area contributed by atoms with Crippen molar-refractivity contribution in [1.29, 1.82) is 0 Å². The zero-order valence-electron chi connectivity index (χ0n) is 13.2. The number of allylic oxidation sites excluding steroid dienone is 1. The highest BCUT2D eigenvalue weighted by atomic mass is 19.4. The quantitative estimate of drug-likeness (QED) is 0.652. The fourth-order valence-corrected chi connectivity index (χ4v) is 2.43. The highest BCUT2D eigenvalue weighted by molar-refractivity contribution is 6.09. The second-order valence-corrected chi connectivity index (χ2v) is 5.47. The molecule has 1 N–H and O–H groups in total. The monoisotopic (exact) mass is 360 g/mol. The van der Waals surface area contributed by atoms with Gasteiger partial charge in [-0.15, -0.1) is 0 Å². The summed E-state index contributed by atoms with van der Waals surface area (Å²) < 4.78 is 50.7. The van der Waals surface area contributed by atoms with Crippen molar-refractivity contribution in [3.05, 3.63) is 77.9 Å². The Balaban J connectivity index is 1.85. The van der Waals surface area contributed by atoms with E-state index in [1.165, 1.54) is 6.07 Å². The molecular weight excluding hydrogens is 348 g/mol. The smallest absolute Gasteiger partial charge is 0.321 e. The molecule has 3 aromatic rings. The number of hydrogen-bond donors (Lipinski definition) is 1. The van der Waals surface area contributed by atoms with Crippen LogP contribution in [0.4, 0.5) is 23.2 Å². The summed E-state index contributed by atoms with van der Waals surface area (Å²) in [6.45, 7) is 0. The van der Waals surface area contributed by atoms with Crippen LogP contribution in [-0.2, 0) is 0 Å². The first-order valence-electron chi connectivity index (χ1n) is 7.53. The van der Waals surface area contributed by atoms with Crippen molar-refractivity contribution in [2.24, 2.45) is 0 Å². The molecule has 7 heteroatoms. The Bertz CT molecular complexity index is 991. The number of hydrogen-bond acceptors (Lipinski definition) is 2. The van der Waals surface area contributed by atoms with E-state index in [0.29, 0.717) is 5.69 Å². The second-order valence-electron chi connectivity index (χ2n) is 5.47. The number of rotatable bonds is 3. The average Bonchev–Trinajstić information content (AvgIpc) is 2.59. The van der Waals surface area contributed by atoms with Crippen LogP contribution in [0.15, 0.2) is 60.9 Å². The van der Waals surface area contributed by atoms with Crippen LogP contribution in [0.2, 0.25) is 0 Å². The highest BCUT2D eigenvalue weighted by Gasteiger charge is 2.22. The summed E-state index contributed by atoms with van der Waals surface area (Å²) in [5.74, 6) is -1.60. The summed E-state index contributed by atoms with van der Waals surface area (Å²) in [4.78, 5) is 16.3. The van der Waals surface area contributed by atoms with Crippen LogP contribution < -0.4 is 5.32 Å². The molecule has 0 aliphatic carbocycles. The molecule has 0 unspecified atom stereocenters. The fraction of sp³-hybridized carbons (Fsp3) is 0.0526. The van der Waals surface area contributed by atoms with Gasteiger partial charge in [-0.25, -0.2) is 4.39 Å². The molecule has 0 bridgehead atoms. The predicted octanol–water partition coefficient (Wildman–Crippen LogP) is 5.20. The Morgan fingerprint density at radius 2 is 1.92 bits per heavy atom. The molecule has 3 nitrogen and oxygen atoms in total. The summed E-state index contributed by atoms with van der Waals surface area (Å²) in [5.41, 5.74) is 0.225. The summed E-state index contributed by atoms with van der Waals surface area (Å²) in [6.07, 6.45) is -0.544. The molecule has 3 rings (SSSR count). The van der Waals surface area contributed by atoms with Gasteiger partial charge in [0.1, 0.15) is 5.82 Å². The maximum Gasteiger partial charge on any atom is 0.409 e. The summed E-state index contributed by atoms with van der Waals surface area (Å²) in [5, 5.41) is 4.15. The number of carbonyl (C=O) groups is 1. The van der Waals surface area contributed by atoms with E-state index >= 15 is 0 Å². The van der Waals surface area contributed by atoms with E-state index in [2.05, 4.69) is 10.3 Å². The minimum absolute atomic E-state index is 0.00561. The summed E-state index contributed by atoms with van der Waals surface area (Å²) in [7, 11) is 0. The van der Waals surface area contributed by atoms with Crippen molar-refractivity contribution in [1.82, 2.24) is 4.98 Å². The van der Waals surface area contributed by atoms with Crippen molar-refractivity contribution in [3.63, 3.8) is 0 Å². The molecule has 0 saturated carbocycles. The molecule has 0 fully saturated rings. The van der Waals surface area contributed by atoms with Gasteiger partial charge in [-0.3, -0.25) is 9.78 Å². The fourth-order valence-electron chi connectivity index (χ4n) is 2.43. The number of aromatic nitrogens is 1. The molecule has 0 aliphatic rings. The molecule has 26 heavy (non-hydrogen) atoms. The third-order valence-corrected chi connectivity index (χ3v) is 3.63. The molecule has 0 radical (unpaired) electrons. The third kappa shape index (κ3) is 4.05. The van der Waals surface area contributed by atoms with E-state index in [1.54, 1.807) is 30.6 Å². The number of carbonyl (C=O) groups excluding carboxylic acids is 1. The van der Waals surface area contributed by atoms with Gasteiger partial charge in [0, 0.05) is 34.9 Å². The van der Waals surface area contributed by atoms with Crippen molar-refractivity contribution in [2.45, 2.75) is 6.18 Å². The van der Waals surface area contributed by atoms with Crippen LogP contribution in [0.5, 0.6) is 0 Å². The molecule has 0 atom stereocenters. The number of nitrogens with zero attached hydrogens (tertiary/aromatic N) is 1. The molecule has 132 valence electrons. The van der Waals surface area contributed by atoms with Crippen molar-refractivity contribution in [2.75, 3.05) is 5.32 Å². The first-order chi connectivity index (χ1) is 12.3. The molecule has 2 aromatic carbocycles. The molecule has 0 saturated heterocycles. The minimum atomic E-state index is -4.49. The number of amides is 1. The van der Waals surface area contributed by atoms with Crippen LogP contribution in [-0.4, -0.2) is 17.1 Å². The number of alkyl halides is 3. The molecule has 0 aliphatic heterocycles. The lowest BCUT2D eigenvalue weighted by atomic mass is 10.1. The Labute approximate surface area is 146 Å². The number of nitrogens with one attached hydrogen (secondary N) is 1. The van der Waals surface area contributed by atoms with Gasteiger partial charge in [0.05, 0.1) is 5.56 Å². The van der Waals surface area contributed by atoms with E-state index in [0.717, 1.165) is 29.0 Å². The van der Waals surface area contributed by atoms with Crippen LogP contribution >= 0.6 is 0 Å². The summed E-state index contributed by atoms with van der Waals surface area (Å²) >= 11 is 0. The number of fused-ring (bicyclic) bond motifs is 1. The standard InChI is InChI=1S/C19H12F4N2O/c20-16-10-12(6-8-19(21,22)23)4-5-15(16)18(26)25-17-3-1-2-13-11-24-9-7-14(13)17/h1-11H,(H,25,26). The Morgan fingerprint density at radius 1 is 1.12 bits per heavy atom. The van der Waals surface area contributed by atoms with E-state index in [1.807, 2.05) is 6.07 Å². The lowest BCUT2D eigenvalue weighted by Gasteiger charge is -2.09. The highest BCUT2D eigenvalue weighted by Crippen LogP contribution is 2.24. The first-order valence-corrected chi connectivity index (χ1v) is 7.53. The molecular formula is C19H12F4N2O. The number of benzene rings is 2. The SMILES string of the molecule is O=C(Nc1cccc2cnccc12)c1ccc(C=CC(F)(F)F)cc1F.